The van der Waals surface area contributed by atoms with Crippen molar-refractivity contribution in [3.05, 3.63) is 46.8 Å². The van der Waals surface area contributed by atoms with Crippen molar-refractivity contribution >= 4 is 17.9 Å². The minimum absolute atomic E-state index is 0.0406. The van der Waals surface area contributed by atoms with Crippen LogP contribution in [-0.2, 0) is 16.1 Å². The van der Waals surface area contributed by atoms with Crippen LogP contribution in [0.25, 0.3) is 0 Å². The van der Waals surface area contributed by atoms with Gasteiger partial charge in [0.05, 0.1) is 6.54 Å². The lowest BCUT2D eigenvalue weighted by atomic mass is 9.93. The number of carbonyl (C=O) groups excluding carboxylic acids is 2. The monoisotopic (exact) mass is 417 g/mol. The number of carbonyl (C=O) groups is 3. The highest BCUT2D eigenvalue weighted by Crippen LogP contribution is 2.32. The molecule has 0 aromatic heterocycles. The van der Waals surface area contributed by atoms with Crippen molar-refractivity contribution in [3.63, 3.8) is 0 Å². The van der Waals surface area contributed by atoms with Crippen LogP contribution in [0.1, 0.15) is 43.2 Å². The summed E-state index contributed by atoms with van der Waals surface area (Å²) in [6, 6.07) is 6.50. The van der Waals surface area contributed by atoms with E-state index in [0.717, 1.165) is 35.3 Å². The van der Waals surface area contributed by atoms with Gasteiger partial charge in [0.25, 0.3) is 5.91 Å². The van der Waals surface area contributed by atoms with Crippen LogP contribution in [0.4, 0.5) is 4.79 Å². The number of aliphatic hydroxyl groups is 2. The second-order valence-electron chi connectivity index (χ2n) is 7.69. The molecule has 3 rings (SSSR count). The molecule has 0 spiro atoms. The average Bonchev–Trinajstić information content (AvgIpc) is 2.71. The normalized spacial score (nSPS) is 20.5. The fourth-order valence-corrected chi connectivity index (χ4v) is 4.00. The molecule has 3 amide bonds. The number of nitrogens with one attached hydrogen (secondary N) is 1. The molecule has 1 aromatic rings. The van der Waals surface area contributed by atoms with E-state index in [1.165, 1.54) is 4.90 Å². The minimum Gasteiger partial charge on any atom is -0.494 e. The molecule has 0 radical (unpaired) electrons. The van der Waals surface area contributed by atoms with Gasteiger partial charge in [-0.2, -0.15) is 0 Å². The van der Waals surface area contributed by atoms with Crippen molar-refractivity contribution in [3.8, 4) is 0 Å². The van der Waals surface area contributed by atoms with Crippen LogP contribution in [0, 0.1) is 6.92 Å². The third-order valence-corrected chi connectivity index (χ3v) is 5.66. The number of hydrogen-bond acceptors (Lipinski definition) is 5. The third-order valence-electron chi connectivity index (χ3n) is 5.66. The summed E-state index contributed by atoms with van der Waals surface area (Å²) in [6.07, 6.45) is 2.46. The number of benzene rings is 1. The molecule has 0 saturated heterocycles. The fraction of sp³-hybridized carbons (Fsp3) is 0.476. The van der Waals surface area contributed by atoms with E-state index in [-0.39, 0.29) is 12.6 Å². The molecule has 1 saturated carbocycles. The van der Waals surface area contributed by atoms with Crippen molar-refractivity contribution < 1.29 is 29.7 Å². The molecule has 1 aliphatic heterocycles. The number of amides is 3. The number of aryl methyl sites for hydroxylation is 1. The number of aliphatic carboxylic acids is 1. The molecule has 4 N–H and O–H groups in total. The first-order valence-electron chi connectivity index (χ1n) is 10.1. The quantitative estimate of drug-likeness (QED) is 0.559. The van der Waals surface area contributed by atoms with Gasteiger partial charge >= 0.3 is 12.0 Å². The Bertz CT molecular complexity index is 862. The van der Waals surface area contributed by atoms with Crippen LogP contribution in [0.5, 0.6) is 0 Å². The van der Waals surface area contributed by atoms with Gasteiger partial charge in [0.15, 0.2) is 6.23 Å². The average molecular weight is 417 g/mol. The zero-order valence-corrected chi connectivity index (χ0v) is 16.9. The van der Waals surface area contributed by atoms with Gasteiger partial charge in [0.1, 0.15) is 12.1 Å². The number of urea groups is 1. The summed E-state index contributed by atoms with van der Waals surface area (Å²) in [7, 11) is 0. The molecule has 1 fully saturated rings. The van der Waals surface area contributed by atoms with Crippen LogP contribution in [0.3, 0.4) is 0 Å². The van der Waals surface area contributed by atoms with E-state index >= 15 is 0 Å². The Morgan fingerprint density at radius 3 is 2.47 bits per heavy atom. The molecule has 162 valence electrons. The van der Waals surface area contributed by atoms with Gasteiger partial charge in [-0.15, -0.1) is 0 Å². The highest BCUT2D eigenvalue weighted by atomic mass is 16.4. The summed E-state index contributed by atoms with van der Waals surface area (Å²) in [5, 5.41) is 32.6. The summed E-state index contributed by atoms with van der Waals surface area (Å²) in [6.45, 7) is 1.25. The Labute approximate surface area is 174 Å². The fourth-order valence-electron chi connectivity index (χ4n) is 4.00. The first-order valence-corrected chi connectivity index (χ1v) is 10.1. The van der Waals surface area contributed by atoms with E-state index in [2.05, 4.69) is 5.32 Å². The first kappa shape index (κ1) is 21.6. The predicted octanol–water partition coefficient (Wildman–Crippen LogP) is 1.85. The van der Waals surface area contributed by atoms with Crippen LogP contribution in [0.15, 0.2) is 35.7 Å². The lowest BCUT2D eigenvalue weighted by molar-refractivity contribution is -0.137. The molecule has 1 atom stereocenters. The maximum Gasteiger partial charge on any atom is 0.329 e. The van der Waals surface area contributed by atoms with E-state index in [1.807, 2.05) is 31.2 Å². The highest BCUT2D eigenvalue weighted by molar-refractivity contribution is 5.98. The minimum atomic E-state index is -1.70. The maximum absolute atomic E-state index is 13.3. The lowest BCUT2D eigenvalue weighted by Gasteiger charge is -2.43. The number of hydrogen-bond donors (Lipinski definition) is 4. The second kappa shape index (κ2) is 9.17. The van der Waals surface area contributed by atoms with Gasteiger partial charge in [-0.3, -0.25) is 19.4 Å². The van der Waals surface area contributed by atoms with Crippen molar-refractivity contribution in [2.75, 3.05) is 6.54 Å². The van der Waals surface area contributed by atoms with Gasteiger partial charge in [-0.1, -0.05) is 43.5 Å². The molecule has 1 unspecified atom stereocenters. The maximum atomic E-state index is 13.3. The smallest absolute Gasteiger partial charge is 0.329 e. The Morgan fingerprint density at radius 1 is 1.17 bits per heavy atom. The molecule has 9 nitrogen and oxygen atoms in total. The number of carboxylic acid groups (broad SMARTS) is 1. The summed E-state index contributed by atoms with van der Waals surface area (Å²) in [4.78, 5) is 39.0. The molecule has 1 aliphatic carbocycles. The zero-order valence-electron chi connectivity index (χ0n) is 16.9. The van der Waals surface area contributed by atoms with Gasteiger partial charge < -0.3 is 20.6 Å². The van der Waals surface area contributed by atoms with E-state index in [9.17, 15) is 24.6 Å². The Kier molecular flexibility index (Phi) is 6.61. The molecule has 1 aromatic carbocycles. The number of carboxylic acids is 1. The number of rotatable bonds is 6. The molecule has 0 bridgehead atoms. The second-order valence-corrected chi connectivity index (χ2v) is 7.69. The molecular formula is C21H27N3O6. The standard InChI is InChI=1S/C21H27N3O6/c1-13-7-5-6-8-14(13)12-23-19(28)17(18(27)22-11-16(25)26)20(29)24(21(23)30)15-9-3-2-4-10-15/h5-8,15,19,28-29H,2-4,9-12H2,1H3,(H,22,27)(H,25,26). The van der Waals surface area contributed by atoms with Gasteiger partial charge in [-0.25, -0.2) is 4.79 Å². The van der Waals surface area contributed by atoms with Gasteiger partial charge in [0, 0.05) is 6.04 Å². The highest BCUT2D eigenvalue weighted by Gasteiger charge is 2.44. The van der Waals surface area contributed by atoms with E-state index in [0.29, 0.717) is 12.8 Å². The zero-order chi connectivity index (χ0) is 21.8. The van der Waals surface area contributed by atoms with Gasteiger partial charge in [0.2, 0.25) is 5.88 Å². The molecule has 30 heavy (non-hydrogen) atoms. The number of nitrogens with zero attached hydrogens (tertiary/aromatic N) is 2. The molecule has 1 heterocycles. The summed E-state index contributed by atoms with van der Waals surface area (Å²) >= 11 is 0. The molecule has 2 aliphatic rings. The van der Waals surface area contributed by atoms with Crippen molar-refractivity contribution in [2.24, 2.45) is 0 Å². The van der Waals surface area contributed by atoms with Crippen LogP contribution in [0.2, 0.25) is 0 Å². The summed E-state index contributed by atoms with van der Waals surface area (Å²) in [5.41, 5.74) is 1.28. The Morgan fingerprint density at radius 2 is 1.83 bits per heavy atom. The third kappa shape index (κ3) is 4.40. The van der Waals surface area contributed by atoms with Crippen molar-refractivity contribution in [1.82, 2.24) is 15.1 Å². The van der Waals surface area contributed by atoms with E-state index in [1.54, 1.807) is 0 Å². The van der Waals surface area contributed by atoms with E-state index in [4.69, 9.17) is 5.11 Å². The topological polar surface area (TPSA) is 130 Å². The van der Waals surface area contributed by atoms with Crippen LogP contribution >= 0.6 is 0 Å². The molecular weight excluding hydrogens is 390 g/mol. The Balaban J connectivity index is 1.98. The molecule has 9 heteroatoms. The summed E-state index contributed by atoms with van der Waals surface area (Å²) < 4.78 is 0. The van der Waals surface area contributed by atoms with Crippen molar-refractivity contribution in [2.45, 2.75) is 57.8 Å². The summed E-state index contributed by atoms with van der Waals surface area (Å²) in [5.74, 6) is -2.79. The lowest BCUT2D eigenvalue weighted by Crippen LogP contribution is -2.58. The predicted molar refractivity (Wildman–Crippen MR) is 107 cm³/mol. The SMILES string of the molecule is Cc1ccccc1CN1C(=O)N(C2CCCCC2)C(O)=C(C(=O)NCC(=O)O)C1O. The van der Waals surface area contributed by atoms with Crippen LogP contribution in [-0.4, -0.2) is 61.8 Å². The number of aliphatic hydroxyl groups excluding tert-OH is 2. The Hall–Kier alpha value is -3.07. The van der Waals surface area contributed by atoms with E-state index < -0.39 is 42.1 Å². The largest absolute Gasteiger partial charge is 0.494 e. The first-order chi connectivity index (χ1) is 14.3. The van der Waals surface area contributed by atoms with Crippen LogP contribution < -0.4 is 5.32 Å². The van der Waals surface area contributed by atoms with Crippen molar-refractivity contribution in [1.29, 1.82) is 0 Å². The van der Waals surface area contributed by atoms with Gasteiger partial charge in [-0.05, 0) is 30.9 Å².